The third-order valence-corrected chi connectivity index (χ3v) is 5.66. The lowest BCUT2D eigenvalue weighted by Crippen LogP contribution is -2.43. The van der Waals surface area contributed by atoms with Gasteiger partial charge in [0.2, 0.25) is 0 Å². The Morgan fingerprint density at radius 3 is 3.00 bits per heavy atom. The summed E-state index contributed by atoms with van der Waals surface area (Å²) in [6, 6.07) is 0.520. The van der Waals surface area contributed by atoms with Gasteiger partial charge in [0.05, 0.1) is 11.2 Å². The van der Waals surface area contributed by atoms with Crippen LogP contribution in [0.5, 0.6) is 0 Å². The first-order chi connectivity index (χ1) is 8.22. The Labute approximate surface area is 112 Å². The first-order valence-electron chi connectivity index (χ1n) is 6.09. The highest BCUT2D eigenvalue weighted by Crippen LogP contribution is 2.29. The van der Waals surface area contributed by atoms with E-state index in [0.29, 0.717) is 6.04 Å². The molecule has 0 aromatic carbocycles. The number of rotatable bonds is 5. The van der Waals surface area contributed by atoms with E-state index < -0.39 is 0 Å². The lowest BCUT2D eigenvalue weighted by Gasteiger charge is -2.31. The molecule has 17 heavy (non-hydrogen) atoms. The maximum atomic E-state index is 5.96. The van der Waals surface area contributed by atoms with Gasteiger partial charge in [0, 0.05) is 24.0 Å². The second-order valence-corrected chi connectivity index (χ2v) is 6.79. The number of thiazole rings is 1. The van der Waals surface area contributed by atoms with Gasteiger partial charge in [0.15, 0.2) is 0 Å². The average Bonchev–Trinajstić information content (AvgIpc) is 2.93. The summed E-state index contributed by atoms with van der Waals surface area (Å²) in [6.07, 6.45) is 1.32. The zero-order valence-electron chi connectivity index (χ0n) is 10.6. The van der Waals surface area contributed by atoms with E-state index in [4.69, 9.17) is 5.73 Å². The Hall–Kier alpha value is -0.100. The van der Waals surface area contributed by atoms with Crippen molar-refractivity contribution in [2.24, 2.45) is 11.7 Å². The molecular weight excluding hydrogens is 250 g/mol. The molecule has 0 saturated carbocycles. The molecule has 2 unspecified atom stereocenters. The number of hydrogen-bond acceptors (Lipinski definition) is 5. The first-order valence-corrected chi connectivity index (χ1v) is 8.12. The third-order valence-electron chi connectivity index (χ3n) is 3.55. The SMILES string of the molecule is Cc1ncsc1CN(C)C(CN)C1CCSC1. The van der Waals surface area contributed by atoms with E-state index in [9.17, 15) is 0 Å². The Bertz CT molecular complexity index is 347. The smallest absolute Gasteiger partial charge is 0.0798 e. The minimum Gasteiger partial charge on any atom is -0.329 e. The van der Waals surface area contributed by atoms with Gasteiger partial charge in [0.1, 0.15) is 0 Å². The van der Waals surface area contributed by atoms with Crippen LogP contribution >= 0.6 is 23.1 Å². The standard InChI is InChI=1S/C12H21N3S2/c1-9-12(17-8-14-9)6-15(2)11(5-13)10-3-4-16-7-10/h8,10-11H,3-7,13H2,1-2H3. The lowest BCUT2D eigenvalue weighted by molar-refractivity contribution is 0.185. The number of aryl methyl sites for hydroxylation is 1. The minimum atomic E-state index is 0.520. The van der Waals surface area contributed by atoms with Gasteiger partial charge in [-0.05, 0) is 37.8 Å². The molecule has 2 atom stereocenters. The molecule has 2 heterocycles. The normalized spacial score (nSPS) is 22.2. The monoisotopic (exact) mass is 271 g/mol. The van der Waals surface area contributed by atoms with E-state index in [1.165, 1.54) is 28.5 Å². The van der Waals surface area contributed by atoms with Crippen LogP contribution in [0.1, 0.15) is 17.0 Å². The van der Waals surface area contributed by atoms with Crippen molar-refractivity contribution in [2.75, 3.05) is 25.1 Å². The van der Waals surface area contributed by atoms with Crippen molar-refractivity contribution in [1.82, 2.24) is 9.88 Å². The molecule has 1 aliphatic heterocycles. The highest BCUT2D eigenvalue weighted by molar-refractivity contribution is 7.99. The number of nitrogens with zero attached hydrogens (tertiary/aromatic N) is 2. The van der Waals surface area contributed by atoms with Gasteiger partial charge < -0.3 is 5.73 Å². The second kappa shape index (κ2) is 6.18. The molecule has 2 N–H and O–H groups in total. The summed E-state index contributed by atoms with van der Waals surface area (Å²) >= 11 is 3.81. The van der Waals surface area contributed by atoms with E-state index >= 15 is 0 Å². The fourth-order valence-electron chi connectivity index (χ4n) is 2.41. The number of aromatic nitrogens is 1. The zero-order valence-corrected chi connectivity index (χ0v) is 12.2. The summed E-state index contributed by atoms with van der Waals surface area (Å²) in [4.78, 5) is 8.09. The third kappa shape index (κ3) is 3.22. The highest BCUT2D eigenvalue weighted by Gasteiger charge is 2.27. The summed E-state index contributed by atoms with van der Waals surface area (Å²) < 4.78 is 0. The van der Waals surface area contributed by atoms with E-state index in [0.717, 1.165) is 19.0 Å². The second-order valence-electron chi connectivity index (χ2n) is 4.70. The van der Waals surface area contributed by atoms with Gasteiger partial charge >= 0.3 is 0 Å². The predicted molar refractivity (Wildman–Crippen MR) is 76.6 cm³/mol. The zero-order chi connectivity index (χ0) is 12.3. The van der Waals surface area contributed by atoms with Crippen molar-refractivity contribution in [3.05, 3.63) is 16.1 Å². The van der Waals surface area contributed by atoms with Crippen molar-refractivity contribution in [3.8, 4) is 0 Å². The summed E-state index contributed by atoms with van der Waals surface area (Å²) in [6.45, 7) is 3.83. The van der Waals surface area contributed by atoms with Gasteiger partial charge in [-0.25, -0.2) is 4.98 Å². The fourth-order valence-corrected chi connectivity index (χ4v) is 4.58. The topological polar surface area (TPSA) is 42.2 Å². The maximum Gasteiger partial charge on any atom is 0.0798 e. The van der Waals surface area contributed by atoms with Gasteiger partial charge in [-0.15, -0.1) is 11.3 Å². The van der Waals surface area contributed by atoms with Crippen molar-refractivity contribution in [2.45, 2.75) is 25.9 Å². The van der Waals surface area contributed by atoms with Crippen molar-refractivity contribution < 1.29 is 0 Å². The van der Waals surface area contributed by atoms with Crippen LogP contribution < -0.4 is 5.73 Å². The molecule has 1 aliphatic rings. The molecule has 0 spiro atoms. The Morgan fingerprint density at radius 1 is 1.65 bits per heavy atom. The molecule has 96 valence electrons. The van der Waals surface area contributed by atoms with Gasteiger partial charge in [-0.2, -0.15) is 11.8 Å². The molecule has 1 saturated heterocycles. The van der Waals surface area contributed by atoms with Crippen LogP contribution in [0.4, 0.5) is 0 Å². The number of hydrogen-bond donors (Lipinski definition) is 1. The van der Waals surface area contributed by atoms with E-state index in [1.807, 2.05) is 5.51 Å². The van der Waals surface area contributed by atoms with Crippen LogP contribution in [0.2, 0.25) is 0 Å². The van der Waals surface area contributed by atoms with Crippen LogP contribution in [0.15, 0.2) is 5.51 Å². The molecule has 1 aromatic heterocycles. The maximum absolute atomic E-state index is 5.96. The van der Waals surface area contributed by atoms with Gasteiger partial charge in [-0.1, -0.05) is 0 Å². The van der Waals surface area contributed by atoms with E-state index in [1.54, 1.807) is 11.3 Å². The fraction of sp³-hybridized carbons (Fsp3) is 0.750. The average molecular weight is 271 g/mol. The Kier molecular flexibility index (Phi) is 4.85. The molecule has 1 fully saturated rings. The van der Waals surface area contributed by atoms with Gasteiger partial charge in [0.25, 0.3) is 0 Å². The van der Waals surface area contributed by atoms with Crippen LogP contribution in [-0.2, 0) is 6.54 Å². The predicted octanol–water partition coefficient (Wildman–Crippen LogP) is 1.96. The molecule has 0 aliphatic carbocycles. The van der Waals surface area contributed by atoms with E-state index in [-0.39, 0.29) is 0 Å². The Balaban J connectivity index is 1.97. The van der Waals surface area contributed by atoms with Crippen LogP contribution in [0, 0.1) is 12.8 Å². The van der Waals surface area contributed by atoms with Crippen molar-refractivity contribution in [3.63, 3.8) is 0 Å². The molecule has 0 bridgehead atoms. The summed E-state index contributed by atoms with van der Waals surface area (Å²) in [5.41, 5.74) is 9.05. The molecule has 0 amide bonds. The molecular formula is C12H21N3S2. The molecule has 5 heteroatoms. The van der Waals surface area contributed by atoms with Crippen molar-refractivity contribution >= 4 is 23.1 Å². The quantitative estimate of drug-likeness (QED) is 0.889. The number of nitrogens with two attached hydrogens (primary N) is 1. The lowest BCUT2D eigenvalue weighted by atomic mass is 9.98. The summed E-state index contributed by atoms with van der Waals surface area (Å²) in [5.74, 6) is 3.34. The number of thioether (sulfide) groups is 1. The van der Waals surface area contributed by atoms with Gasteiger partial charge in [-0.3, -0.25) is 4.90 Å². The number of likely N-dealkylation sites (N-methyl/N-ethyl adjacent to an activating group) is 1. The van der Waals surface area contributed by atoms with Crippen LogP contribution in [-0.4, -0.2) is 41.0 Å². The van der Waals surface area contributed by atoms with E-state index in [2.05, 4.69) is 35.6 Å². The summed E-state index contributed by atoms with van der Waals surface area (Å²) in [7, 11) is 2.19. The molecule has 1 aromatic rings. The largest absolute Gasteiger partial charge is 0.329 e. The summed E-state index contributed by atoms with van der Waals surface area (Å²) in [5, 5.41) is 0. The highest BCUT2D eigenvalue weighted by atomic mass is 32.2. The molecule has 0 radical (unpaired) electrons. The molecule has 3 nitrogen and oxygen atoms in total. The van der Waals surface area contributed by atoms with Crippen LogP contribution in [0.3, 0.4) is 0 Å². The Morgan fingerprint density at radius 2 is 2.47 bits per heavy atom. The first kappa shape index (κ1) is 13.3. The molecule has 2 rings (SSSR count). The van der Waals surface area contributed by atoms with Crippen molar-refractivity contribution in [1.29, 1.82) is 0 Å². The minimum absolute atomic E-state index is 0.520. The van der Waals surface area contributed by atoms with Crippen LogP contribution in [0.25, 0.3) is 0 Å².